The molecule has 7 heteroatoms. The Morgan fingerprint density at radius 3 is 2.62 bits per heavy atom. The number of halogens is 2. The first-order valence-corrected chi connectivity index (χ1v) is 6.50. The molecule has 1 heterocycles. The van der Waals surface area contributed by atoms with E-state index in [1.165, 1.54) is 25.6 Å². The van der Waals surface area contributed by atoms with Crippen LogP contribution in [0.25, 0.3) is 0 Å². The largest absolute Gasteiger partial charge is 0.347 e. The molecule has 112 valence electrons. The van der Waals surface area contributed by atoms with Crippen LogP contribution in [0.4, 0.5) is 8.78 Å². The topological polar surface area (TPSA) is 59.8 Å². The minimum absolute atomic E-state index is 0.152. The molecule has 0 bridgehead atoms. The first kappa shape index (κ1) is 15.1. The summed E-state index contributed by atoms with van der Waals surface area (Å²) in [6.45, 7) is 5.11. The van der Waals surface area contributed by atoms with Crippen LogP contribution in [0.15, 0.2) is 24.8 Å². The van der Waals surface area contributed by atoms with Crippen molar-refractivity contribution in [2.75, 3.05) is 0 Å². The summed E-state index contributed by atoms with van der Waals surface area (Å²) in [6, 6.07) is 1.47. The van der Waals surface area contributed by atoms with Gasteiger partial charge in [0.15, 0.2) is 0 Å². The normalized spacial score (nSPS) is 13.8. The van der Waals surface area contributed by atoms with Crippen molar-refractivity contribution in [3.05, 3.63) is 47.5 Å². The van der Waals surface area contributed by atoms with Crippen LogP contribution in [-0.2, 0) is 0 Å². The monoisotopic (exact) mass is 294 g/mol. The maximum atomic E-state index is 13.7. The predicted molar refractivity (Wildman–Crippen MR) is 72.8 cm³/mol. The quantitative estimate of drug-likeness (QED) is 0.940. The van der Waals surface area contributed by atoms with E-state index in [-0.39, 0.29) is 23.2 Å². The molecule has 0 aliphatic rings. The van der Waals surface area contributed by atoms with Crippen molar-refractivity contribution >= 4 is 5.91 Å². The smallest absolute Gasteiger partial charge is 0.254 e. The molecular weight excluding hydrogens is 278 g/mol. The van der Waals surface area contributed by atoms with E-state index in [2.05, 4.69) is 15.4 Å². The Morgan fingerprint density at radius 1 is 1.29 bits per heavy atom. The van der Waals surface area contributed by atoms with Gasteiger partial charge >= 0.3 is 0 Å². The lowest BCUT2D eigenvalue weighted by Gasteiger charge is -2.21. The summed E-state index contributed by atoms with van der Waals surface area (Å²) < 4.78 is 28.5. The van der Waals surface area contributed by atoms with Crippen LogP contribution in [0.5, 0.6) is 0 Å². The van der Waals surface area contributed by atoms with E-state index in [0.29, 0.717) is 0 Å². The van der Waals surface area contributed by atoms with E-state index in [1.807, 2.05) is 6.92 Å². The number of benzene rings is 1. The SMILES string of the molecule is Cc1cc(C(=O)N[C@H](C)[C@H](C)n2cncn2)c(F)cc1F. The third kappa shape index (κ3) is 3.24. The van der Waals surface area contributed by atoms with Crippen LogP contribution in [0.1, 0.15) is 35.8 Å². The van der Waals surface area contributed by atoms with E-state index >= 15 is 0 Å². The maximum Gasteiger partial charge on any atom is 0.254 e. The van der Waals surface area contributed by atoms with Crippen LogP contribution in [-0.4, -0.2) is 26.7 Å². The van der Waals surface area contributed by atoms with Crippen molar-refractivity contribution in [1.82, 2.24) is 20.1 Å². The fourth-order valence-corrected chi connectivity index (χ4v) is 1.89. The minimum atomic E-state index is -0.879. The molecule has 5 nitrogen and oxygen atoms in total. The zero-order valence-electron chi connectivity index (χ0n) is 12.0. The second-order valence-corrected chi connectivity index (χ2v) is 4.96. The van der Waals surface area contributed by atoms with Gasteiger partial charge in [0, 0.05) is 12.1 Å². The van der Waals surface area contributed by atoms with Crippen LogP contribution in [0, 0.1) is 18.6 Å². The Hall–Kier alpha value is -2.31. The van der Waals surface area contributed by atoms with Crippen molar-refractivity contribution in [2.45, 2.75) is 32.9 Å². The second kappa shape index (κ2) is 5.99. The highest BCUT2D eigenvalue weighted by atomic mass is 19.1. The Labute approximate surface area is 121 Å². The Morgan fingerprint density at radius 2 is 2.00 bits per heavy atom. The third-order valence-corrected chi connectivity index (χ3v) is 3.43. The number of amides is 1. The van der Waals surface area contributed by atoms with E-state index in [4.69, 9.17) is 0 Å². The van der Waals surface area contributed by atoms with E-state index in [9.17, 15) is 13.6 Å². The fourth-order valence-electron chi connectivity index (χ4n) is 1.89. The highest BCUT2D eigenvalue weighted by molar-refractivity contribution is 5.94. The lowest BCUT2D eigenvalue weighted by molar-refractivity contribution is 0.0924. The lowest BCUT2D eigenvalue weighted by Crippen LogP contribution is -2.38. The number of nitrogens with zero attached hydrogens (tertiary/aromatic N) is 3. The summed E-state index contributed by atoms with van der Waals surface area (Å²) in [5, 5.41) is 6.67. The Kier molecular flexibility index (Phi) is 4.30. The first-order valence-electron chi connectivity index (χ1n) is 6.50. The molecule has 0 saturated carbocycles. The van der Waals surface area contributed by atoms with Crippen LogP contribution >= 0.6 is 0 Å². The van der Waals surface area contributed by atoms with Gasteiger partial charge < -0.3 is 5.32 Å². The van der Waals surface area contributed by atoms with Crippen molar-refractivity contribution in [3.8, 4) is 0 Å². The van der Waals surface area contributed by atoms with Gasteiger partial charge in [-0.15, -0.1) is 0 Å². The fraction of sp³-hybridized carbons (Fsp3) is 0.357. The number of hydrogen-bond acceptors (Lipinski definition) is 3. The van der Waals surface area contributed by atoms with Gasteiger partial charge in [-0.3, -0.25) is 4.79 Å². The summed E-state index contributed by atoms with van der Waals surface area (Å²) in [5.74, 6) is -2.14. The predicted octanol–water partition coefficient (Wildman–Crippen LogP) is 2.24. The molecule has 1 N–H and O–H groups in total. The molecular formula is C14H16F2N4O. The molecule has 0 fully saturated rings. The zero-order chi connectivity index (χ0) is 15.6. The zero-order valence-corrected chi connectivity index (χ0v) is 12.0. The van der Waals surface area contributed by atoms with Crippen molar-refractivity contribution in [2.24, 2.45) is 0 Å². The maximum absolute atomic E-state index is 13.7. The highest BCUT2D eigenvalue weighted by Crippen LogP contribution is 2.15. The van der Waals surface area contributed by atoms with Gasteiger partial charge in [0.25, 0.3) is 5.91 Å². The molecule has 0 spiro atoms. The Bertz CT molecular complexity index is 643. The Balaban J connectivity index is 2.13. The number of aromatic nitrogens is 3. The van der Waals surface area contributed by atoms with Gasteiger partial charge in [0.2, 0.25) is 0 Å². The van der Waals surface area contributed by atoms with Crippen LogP contribution in [0.2, 0.25) is 0 Å². The summed E-state index contributed by atoms with van der Waals surface area (Å²) in [6.07, 6.45) is 2.93. The van der Waals surface area contributed by atoms with Gasteiger partial charge in [-0.2, -0.15) is 5.10 Å². The molecule has 21 heavy (non-hydrogen) atoms. The van der Waals surface area contributed by atoms with E-state index in [0.717, 1.165) is 6.07 Å². The summed E-state index contributed by atoms with van der Waals surface area (Å²) >= 11 is 0. The van der Waals surface area contributed by atoms with Gasteiger partial charge in [-0.25, -0.2) is 18.4 Å². The molecule has 1 amide bonds. The van der Waals surface area contributed by atoms with Gasteiger partial charge in [-0.1, -0.05) is 0 Å². The molecule has 0 unspecified atom stereocenters. The number of aryl methyl sites for hydroxylation is 1. The summed E-state index contributed by atoms with van der Waals surface area (Å²) in [7, 11) is 0. The molecule has 0 aliphatic carbocycles. The highest BCUT2D eigenvalue weighted by Gasteiger charge is 2.20. The molecule has 2 atom stereocenters. The number of rotatable bonds is 4. The lowest BCUT2D eigenvalue weighted by atomic mass is 10.1. The number of nitrogens with one attached hydrogen (secondary N) is 1. The van der Waals surface area contributed by atoms with Gasteiger partial charge in [0.05, 0.1) is 11.6 Å². The average Bonchev–Trinajstić information content (AvgIpc) is 2.95. The van der Waals surface area contributed by atoms with Crippen molar-refractivity contribution in [3.63, 3.8) is 0 Å². The average molecular weight is 294 g/mol. The van der Waals surface area contributed by atoms with Gasteiger partial charge in [0.1, 0.15) is 24.3 Å². The second-order valence-electron chi connectivity index (χ2n) is 4.96. The van der Waals surface area contributed by atoms with Crippen LogP contribution in [0.3, 0.4) is 0 Å². The summed E-state index contributed by atoms with van der Waals surface area (Å²) in [4.78, 5) is 15.9. The third-order valence-electron chi connectivity index (χ3n) is 3.43. The van der Waals surface area contributed by atoms with Crippen molar-refractivity contribution < 1.29 is 13.6 Å². The number of carbonyl (C=O) groups is 1. The van der Waals surface area contributed by atoms with Crippen molar-refractivity contribution in [1.29, 1.82) is 0 Å². The number of carbonyl (C=O) groups excluding carboxylic acids is 1. The molecule has 0 aliphatic heterocycles. The first-order chi connectivity index (χ1) is 9.90. The van der Waals surface area contributed by atoms with Crippen LogP contribution < -0.4 is 5.32 Å². The standard InChI is InChI=1S/C14H16F2N4O/c1-8-4-11(13(16)5-12(8)15)14(21)19-9(2)10(3)20-7-17-6-18-20/h4-7,9-10H,1-3H3,(H,19,21)/t9-,10+/m1/s1. The minimum Gasteiger partial charge on any atom is -0.347 e. The van der Waals surface area contributed by atoms with E-state index < -0.39 is 17.5 Å². The van der Waals surface area contributed by atoms with Gasteiger partial charge in [-0.05, 0) is 32.4 Å². The van der Waals surface area contributed by atoms with E-state index in [1.54, 1.807) is 11.6 Å². The summed E-state index contributed by atoms with van der Waals surface area (Å²) in [5.41, 5.74) is 0.0464. The number of hydrogen-bond donors (Lipinski definition) is 1. The molecule has 1 aromatic heterocycles. The molecule has 2 rings (SSSR count). The molecule has 1 aromatic carbocycles. The molecule has 0 saturated heterocycles. The molecule has 2 aromatic rings. The molecule has 0 radical (unpaired) electrons.